The highest BCUT2D eigenvalue weighted by Gasteiger charge is 2.20. The molecular formula is C18H22N2O3. The number of hydrazine groups is 1. The number of furan rings is 1. The average Bonchev–Trinajstić information content (AvgIpc) is 2.91. The summed E-state index contributed by atoms with van der Waals surface area (Å²) in [6.45, 7) is 1.84. The molecule has 1 aromatic heterocycles. The molecule has 0 unspecified atom stereocenters. The Morgan fingerprint density at radius 2 is 1.87 bits per heavy atom. The predicted molar refractivity (Wildman–Crippen MR) is 87.8 cm³/mol. The number of amides is 2. The fourth-order valence-corrected chi connectivity index (χ4v) is 3.28. The van der Waals surface area contributed by atoms with Crippen LogP contribution < -0.4 is 10.9 Å². The van der Waals surface area contributed by atoms with Gasteiger partial charge in [0.2, 0.25) is 5.91 Å². The van der Waals surface area contributed by atoms with Crippen LogP contribution in [0.15, 0.2) is 28.7 Å². The molecule has 0 spiro atoms. The molecule has 0 saturated heterocycles. The van der Waals surface area contributed by atoms with Crippen molar-refractivity contribution < 1.29 is 14.0 Å². The molecule has 0 bridgehead atoms. The lowest BCUT2D eigenvalue weighted by Crippen LogP contribution is -2.42. The fraction of sp³-hybridized carbons (Fsp3) is 0.444. The monoisotopic (exact) mass is 314 g/mol. The van der Waals surface area contributed by atoms with Gasteiger partial charge in [-0.2, -0.15) is 0 Å². The first-order valence-corrected chi connectivity index (χ1v) is 8.22. The van der Waals surface area contributed by atoms with E-state index < -0.39 is 5.91 Å². The maximum atomic E-state index is 12.2. The summed E-state index contributed by atoms with van der Waals surface area (Å²) in [5, 5.41) is 0.909. The van der Waals surface area contributed by atoms with Crippen molar-refractivity contribution >= 4 is 22.8 Å². The summed E-state index contributed by atoms with van der Waals surface area (Å²) < 4.78 is 5.58. The number of rotatable bonds is 3. The Bertz CT molecular complexity index is 714. The highest BCUT2D eigenvalue weighted by molar-refractivity contribution is 5.99. The minimum atomic E-state index is -0.421. The van der Waals surface area contributed by atoms with E-state index in [-0.39, 0.29) is 11.7 Å². The number of nitrogens with one attached hydrogen (secondary N) is 2. The van der Waals surface area contributed by atoms with Crippen LogP contribution in [0.25, 0.3) is 11.0 Å². The molecule has 3 rings (SSSR count). The molecule has 1 aliphatic carbocycles. The van der Waals surface area contributed by atoms with Crippen molar-refractivity contribution in [3.63, 3.8) is 0 Å². The number of hydrogen-bond donors (Lipinski definition) is 2. The molecule has 1 aliphatic rings. The van der Waals surface area contributed by atoms with E-state index in [4.69, 9.17) is 4.42 Å². The second-order valence-electron chi connectivity index (χ2n) is 6.26. The summed E-state index contributed by atoms with van der Waals surface area (Å²) >= 11 is 0. The molecule has 1 aromatic carbocycles. The topological polar surface area (TPSA) is 71.3 Å². The van der Waals surface area contributed by atoms with E-state index in [1.165, 1.54) is 19.3 Å². The summed E-state index contributed by atoms with van der Waals surface area (Å²) in [7, 11) is 0. The maximum Gasteiger partial charge on any atom is 0.305 e. The van der Waals surface area contributed by atoms with E-state index in [2.05, 4.69) is 10.9 Å². The molecule has 5 nitrogen and oxygen atoms in total. The van der Waals surface area contributed by atoms with Crippen molar-refractivity contribution in [2.45, 2.75) is 45.4 Å². The van der Waals surface area contributed by atoms with Crippen molar-refractivity contribution in [3.8, 4) is 0 Å². The zero-order valence-corrected chi connectivity index (χ0v) is 13.4. The van der Waals surface area contributed by atoms with Gasteiger partial charge in [0.05, 0.1) is 0 Å². The molecule has 23 heavy (non-hydrogen) atoms. The third-order valence-corrected chi connectivity index (χ3v) is 4.56. The number of para-hydroxylation sites is 1. The number of carbonyl (C=O) groups is 2. The molecule has 1 fully saturated rings. The van der Waals surface area contributed by atoms with Gasteiger partial charge >= 0.3 is 5.91 Å². The quantitative estimate of drug-likeness (QED) is 0.852. The van der Waals surface area contributed by atoms with Crippen molar-refractivity contribution in [1.29, 1.82) is 0 Å². The second-order valence-corrected chi connectivity index (χ2v) is 6.26. The van der Waals surface area contributed by atoms with E-state index in [0.29, 0.717) is 17.9 Å². The Kier molecular flexibility index (Phi) is 4.65. The summed E-state index contributed by atoms with van der Waals surface area (Å²) in [6, 6.07) is 7.49. The lowest BCUT2D eigenvalue weighted by Gasteiger charge is -2.20. The number of benzene rings is 1. The first kappa shape index (κ1) is 15.6. The number of carbonyl (C=O) groups excluding carboxylic acids is 2. The minimum absolute atomic E-state index is 0.140. The smallest absolute Gasteiger partial charge is 0.305 e. The third-order valence-electron chi connectivity index (χ3n) is 4.56. The Hall–Kier alpha value is -2.30. The van der Waals surface area contributed by atoms with Crippen LogP contribution in [0.5, 0.6) is 0 Å². The van der Waals surface area contributed by atoms with Crippen molar-refractivity contribution in [2.75, 3.05) is 0 Å². The van der Waals surface area contributed by atoms with E-state index >= 15 is 0 Å². The molecule has 2 N–H and O–H groups in total. The summed E-state index contributed by atoms with van der Waals surface area (Å²) in [5.74, 6) is 0.118. The first-order valence-electron chi connectivity index (χ1n) is 8.22. The van der Waals surface area contributed by atoms with Crippen LogP contribution in [0.2, 0.25) is 0 Å². The Labute approximate surface area is 135 Å². The lowest BCUT2D eigenvalue weighted by atomic mass is 9.87. The standard InChI is InChI=1S/C18H22N2O3/c1-12-14-9-5-6-10-15(14)23-17(12)18(22)20-19-16(21)11-13-7-3-2-4-8-13/h5-6,9-10,13H,2-4,7-8,11H2,1H3,(H,19,21)(H,20,22). The molecule has 0 radical (unpaired) electrons. The van der Waals surface area contributed by atoms with Crippen molar-refractivity contribution in [3.05, 3.63) is 35.6 Å². The van der Waals surface area contributed by atoms with Gasteiger partial charge < -0.3 is 4.42 Å². The van der Waals surface area contributed by atoms with Gasteiger partial charge in [-0.3, -0.25) is 20.4 Å². The van der Waals surface area contributed by atoms with E-state index in [1.54, 1.807) is 0 Å². The van der Waals surface area contributed by atoms with Gasteiger partial charge in [0.1, 0.15) is 5.58 Å². The van der Waals surface area contributed by atoms with Crippen molar-refractivity contribution in [2.24, 2.45) is 5.92 Å². The van der Waals surface area contributed by atoms with Gasteiger partial charge in [-0.25, -0.2) is 0 Å². The highest BCUT2D eigenvalue weighted by atomic mass is 16.3. The van der Waals surface area contributed by atoms with Crippen LogP contribution in [-0.4, -0.2) is 11.8 Å². The average molecular weight is 314 g/mol. The number of aryl methyl sites for hydroxylation is 1. The van der Waals surface area contributed by atoms with Gasteiger partial charge in [-0.1, -0.05) is 37.5 Å². The zero-order valence-electron chi connectivity index (χ0n) is 13.4. The van der Waals surface area contributed by atoms with Crippen LogP contribution in [0.1, 0.15) is 54.6 Å². The Morgan fingerprint density at radius 1 is 1.13 bits per heavy atom. The lowest BCUT2D eigenvalue weighted by molar-refractivity contribution is -0.123. The van der Waals surface area contributed by atoms with Crippen molar-refractivity contribution in [1.82, 2.24) is 10.9 Å². The molecule has 0 aliphatic heterocycles. The maximum absolute atomic E-state index is 12.2. The van der Waals surface area contributed by atoms with E-state index in [0.717, 1.165) is 23.8 Å². The Balaban J connectivity index is 1.57. The predicted octanol–water partition coefficient (Wildman–Crippen LogP) is 3.47. The highest BCUT2D eigenvalue weighted by Crippen LogP contribution is 2.26. The normalized spacial score (nSPS) is 15.5. The Morgan fingerprint density at radius 3 is 2.61 bits per heavy atom. The summed E-state index contributed by atoms with van der Waals surface area (Å²) in [6.07, 6.45) is 6.33. The third kappa shape index (κ3) is 3.55. The van der Waals surface area contributed by atoms with Crippen LogP contribution >= 0.6 is 0 Å². The first-order chi connectivity index (χ1) is 11.1. The van der Waals surface area contributed by atoms with Gasteiger partial charge in [-0.05, 0) is 31.7 Å². The van der Waals surface area contributed by atoms with Gasteiger partial charge in [-0.15, -0.1) is 0 Å². The molecule has 1 saturated carbocycles. The zero-order chi connectivity index (χ0) is 16.2. The largest absolute Gasteiger partial charge is 0.451 e. The van der Waals surface area contributed by atoms with Gasteiger partial charge in [0.15, 0.2) is 5.76 Å². The number of fused-ring (bicyclic) bond motifs is 1. The molecule has 2 amide bonds. The molecular weight excluding hydrogens is 292 g/mol. The summed E-state index contributed by atoms with van der Waals surface area (Å²) in [5.41, 5.74) is 6.41. The fourth-order valence-electron chi connectivity index (χ4n) is 3.28. The molecule has 5 heteroatoms. The SMILES string of the molecule is Cc1c(C(=O)NNC(=O)CC2CCCCC2)oc2ccccc12. The minimum Gasteiger partial charge on any atom is -0.451 e. The van der Waals surface area contributed by atoms with Crippen LogP contribution in [0.3, 0.4) is 0 Å². The van der Waals surface area contributed by atoms with Crippen LogP contribution in [0.4, 0.5) is 0 Å². The molecule has 0 atom stereocenters. The molecule has 2 aromatic rings. The van der Waals surface area contributed by atoms with Gasteiger partial charge in [0, 0.05) is 17.4 Å². The van der Waals surface area contributed by atoms with E-state index in [1.807, 2.05) is 31.2 Å². The van der Waals surface area contributed by atoms with E-state index in [9.17, 15) is 9.59 Å². The van der Waals surface area contributed by atoms with Crippen LogP contribution in [-0.2, 0) is 4.79 Å². The summed E-state index contributed by atoms with van der Waals surface area (Å²) in [4.78, 5) is 24.2. The number of hydrogen-bond acceptors (Lipinski definition) is 3. The molecule has 122 valence electrons. The van der Waals surface area contributed by atoms with Crippen LogP contribution in [0, 0.1) is 12.8 Å². The second kappa shape index (κ2) is 6.86. The van der Waals surface area contributed by atoms with Gasteiger partial charge in [0.25, 0.3) is 0 Å². The molecule has 1 heterocycles.